The molecule has 5 nitrogen and oxygen atoms in total. The molecule has 0 aromatic carbocycles. The zero-order valence-corrected chi connectivity index (χ0v) is 9.40. The van der Waals surface area contributed by atoms with Crippen LogP contribution in [0.1, 0.15) is 5.69 Å². The molecule has 0 atom stereocenters. The molecule has 2 rings (SSSR count). The molecule has 0 amide bonds. The van der Waals surface area contributed by atoms with Gasteiger partial charge in [-0.1, -0.05) is 11.8 Å². The van der Waals surface area contributed by atoms with Gasteiger partial charge < -0.3 is 5.73 Å². The molecule has 2 aromatic rings. The van der Waals surface area contributed by atoms with Crippen molar-refractivity contribution in [3.8, 4) is 6.07 Å². The summed E-state index contributed by atoms with van der Waals surface area (Å²) in [5, 5.41) is 13.6. The average molecular weight is 231 g/mol. The summed E-state index contributed by atoms with van der Waals surface area (Å²) in [5.41, 5.74) is 6.25. The summed E-state index contributed by atoms with van der Waals surface area (Å²) in [6.45, 7) is 0. The average Bonchev–Trinajstić information content (AvgIpc) is 2.67. The largest absolute Gasteiger partial charge is 0.396 e. The van der Waals surface area contributed by atoms with E-state index in [4.69, 9.17) is 11.0 Å². The van der Waals surface area contributed by atoms with Gasteiger partial charge >= 0.3 is 0 Å². The Morgan fingerprint density at radius 3 is 2.94 bits per heavy atom. The molecule has 6 heteroatoms. The van der Waals surface area contributed by atoms with E-state index in [9.17, 15) is 0 Å². The molecule has 0 aliphatic carbocycles. The van der Waals surface area contributed by atoms with E-state index in [0.717, 1.165) is 9.92 Å². The van der Waals surface area contributed by atoms with Crippen LogP contribution in [0.15, 0.2) is 34.4 Å². The molecular weight excluding hydrogens is 222 g/mol. The van der Waals surface area contributed by atoms with Crippen LogP contribution in [0.3, 0.4) is 0 Å². The Balaban J connectivity index is 2.26. The molecule has 0 unspecified atom stereocenters. The first-order chi connectivity index (χ1) is 7.69. The third-order valence-electron chi connectivity index (χ3n) is 1.91. The summed E-state index contributed by atoms with van der Waals surface area (Å²) >= 11 is 1.45. The Morgan fingerprint density at radius 2 is 2.31 bits per heavy atom. The van der Waals surface area contributed by atoms with Crippen molar-refractivity contribution < 1.29 is 0 Å². The van der Waals surface area contributed by atoms with Crippen LogP contribution in [0.2, 0.25) is 0 Å². The number of nitriles is 1. The maximum absolute atomic E-state index is 8.79. The monoisotopic (exact) mass is 231 g/mol. The highest BCUT2D eigenvalue weighted by atomic mass is 32.2. The van der Waals surface area contributed by atoms with E-state index in [2.05, 4.69) is 10.1 Å². The normalized spacial score (nSPS) is 10.0. The fraction of sp³-hybridized carbons (Fsp3) is 0.100. The highest BCUT2D eigenvalue weighted by molar-refractivity contribution is 7.99. The third kappa shape index (κ3) is 2.15. The lowest BCUT2D eigenvalue weighted by molar-refractivity contribution is 0.766. The van der Waals surface area contributed by atoms with E-state index in [1.54, 1.807) is 23.0 Å². The van der Waals surface area contributed by atoms with Crippen LogP contribution in [0.4, 0.5) is 5.69 Å². The van der Waals surface area contributed by atoms with Crippen LogP contribution in [0.5, 0.6) is 0 Å². The van der Waals surface area contributed by atoms with Crippen molar-refractivity contribution >= 4 is 17.4 Å². The minimum atomic E-state index is 0.258. The summed E-state index contributed by atoms with van der Waals surface area (Å²) in [6.07, 6.45) is 3.63. The fourth-order valence-electron chi connectivity index (χ4n) is 1.17. The molecule has 0 saturated carbocycles. The summed E-state index contributed by atoms with van der Waals surface area (Å²) in [6, 6.07) is 5.43. The number of anilines is 1. The van der Waals surface area contributed by atoms with Crippen molar-refractivity contribution in [2.24, 2.45) is 7.05 Å². The van der Waals surface area contributed by atoms with Crippen LogP contribution in [-0.2, 0) is 7.05 Å². The summed E-state index contributed by atoms with van der Waals surface area (Å²) in [5.74, 6) is 0. The number of nitrogen functional groups attached to an aromatic ring is 1. The van der Waals surface area contributed by atoms with E-state index in [1.807, 2.05) is 19.3 Å². The smallest absolute Gasteiger partial charge is 0.164 e. The number of nitrogens with two attached hydrogens (primary N) is 1. The fourth-order valence-corrected chi connectivity index (χ4v) is 1.99. The minimum absolute atomic E-state index is 0.258. The van der Waals surface area contributed by atoms with Gasteiger partial charge in [0.25, 0.3) is 0 Å². The number of nitrogens with zero attached hydrogens (tertiary/aromatic N) is 4. The van der Waals surface area contributed by atoms with Gasteiger partial charge in [-0.25, -0.2) is 4.98 Å². The van der Waals surface area contributed by atoms with Crippen molar-refractivity contribution in [3.63, 3.8) is 0 Å². The van der Waals surface area contributed by atoms with Gasteiger partial charge in [0, 0.05) is 13.2 Å². The van der Waals surface area contributed by atoms with Gasteiger partial charge in [0.15, 0.2) is 5.69 Å². The summed E-state index contributed by atoms with van der Waals surface area (Å²) < 4.78 is 1.71. The van der Waals surface area contributed by atoms with Gasteiger partial charge in [0.2, 0.25) is 0 Å². The van der Waals surface area contributed by atoms with E-state index in [0.29, 0.717) is 5.69 Å². The molecule has 0 spiro atoms. The van der Waals surface area contributed by atoms with E-state index in [-0.39, 0.29) is 5.69 Å². The van der Waals surface area contributed by atoms with Gasteiger partial charge in [0.1, 0.15) is 11.1 Å². The molecule has 2 heterocycles. The Bertz CT molecular complexity index is 555. The number of rotatable bonds is 2. The Morgan fingerprint density at radius 1 is 1.50 bits per heavy atom. The highest BCUT2D eigenvalue weighted by Gasteiger charge is 2.05. The molecular formula is C10H9N5S. The van der Waals surface area contributed by atoms with Crippen LogP contribution in [0.25, 0.3) is 0 Å². The van der Waals surface area contributed by atoms with Gasteiger partial charge in [-0.2, -0.15) is 10.4 Å². The molecule has 16 heavy (non-hydrogen) atoms. The summed E-state index contributed by atoms with van der Waals surface area (Å²) in [4.78, 5) is 5.11. The zero-order chi connectivity index (χ0) is 11.5. The van der Waals surface area contributed by atoms with Crippen molar-refractivity contribution in [2.45, 2.75) is 9.92 Å². The molecule has 80 valence electrons. The number of aryl methyl sites for hydroxylation is 1. The maximum Gasteiger partial charge on any atom is 0.164 e. The van der Waals surface area contributed by atoms with E-state index in [1.165, 1.54) is 11.8 Å². The molecule has 0 saturated heterocycles. The molecule has 0 fully saturated rings. The SMILES string of the molecule is Cn1cc(Sc2ccc(N)c(C#N)n2)cn1. The van der Waals surface area contributed by atoms with Crippen molar-refractivity contribution in [2.75, 3.05) is 5.73 Å². The predicted octanol–water partition coefficient (Wildman–Crippen LogP) is 1.42. The maximum atomic E-state index is 8.79. The van der Waals surface area contributed by atoms with Crippen LogP contribution in [0, 0.1) is 11.3 Å². The summed E-state index contributed by atoms with van der Waals surface area (Å²) in [7, 11) is 1.85. The molecule has 2 N–H and O–H groups in total. The predicted molar refractivity (Wildman–Crippen MR) is 60.7 cm³/mol. The Kier molecular flexibility index (Phi) is 2.79. The highest BCUT2D eigenvalue weighted by Crippen LogP contribution is 2.26. The van der Waals surface area contributed by atoms with Crippen LogP contribution >= 0.6 is 11.8 Å². The third-order valence-corrected chi connectivity index (χ3v) is 2.79. The first-order valence-corrected chi connectivity index (χ1v) is 5.34. The topological polar surface area (TPSA) is 80.5 Å². The Labute approximate surface area is 96.9 Å². The Hall–Kier alpha value is -2.00. The van der Waals surface area contributed by atoms with Gasteiger partial charge in [-0.05, 0) is 12.1 Å². The van der Waals surface area contributed by atoms with Crippen molar-refractivity contribution in [1.82, 2.24) is 14.8 Å². The standard InChI is InChI=1S/C10H9N5S/c1-15-6-7(5-13-15)16-10-3-2-8(12)9(4-11)14-10/h2-3,5-6H,12H2,1H3. The second kappa shape index (κ2) is 4.24. The number of hydrogen-bond acceptors (Lipinski definition) is 5. The molecule has 0 radical (unpaired) electrons. The molecule has 0 bridgehead atoms. The lowest BCUT2D eigenvalue weighted by Gasteiger charge is -2.00. The van der Waals surface area contributed by atoms with Crippen molar-refractivity contribution in [3.05, 3.63) is 30.2 Å². The number of hydrogen-bond donors (Lipinski definition) is 1. The van der Waals surface area contributed by atoms with Gasteiger partial charge in [0.05, 0.1) is 16.8 Å². The van der Waals surface area contributed by atoms with Crippen LogP contribution in [-0.4, -0.2) is 14.8 Å². The molecule has 0 aliphatic rings. The second-order valence-electron chi connectivity index (χ2n) is 3.15. The van der Waals surface area contributed by atoms with Gasteiger partial charge in [-0.3, -0.25) is 4.68 Å². The lowest BCUT2D eigenvalue weighted by Crippen LogP contribution is -1.94. The van der Waals surface area contributed by atoms with E-state index >= 15 is 0 Å². The van der Waals surface area contributed by atoms with E-state index < -0.39 is 0 Å². The lowest BCUT2D eigenvalue weighted by atomic mass is 10.3. The van der Waals surface area contributed by atoms with Crippen molar-refractivity contribution in [1.29, 1.82) is 5.26 Å². The molecule has 0 aliphatic heterocycles. The molecule has 2 aromatic heterocycles. The first kappa shape index (κ1) is 10.5. The zero-order valence-electron chi connectivity index (χ0n) is 8.58. The number of pyridine rings is 1. The minimum Gasteiger partial charge on any atom is -0.396 e. The first-order valence-electron chi connectivity index (χ1n) is 4.52. The quantitative estimate of drug-likeness (QED) is 0.845. The number of aromatic nitrogens is 3. The van der Waals surface area contributed by atoms with Gasteiger partial charge in [-0.15, -0.1) is 0 Å². The second-order valence-corrected chi connectivity index (χ2v) is 4.24. The van der Waals surface area contributed by atoms with Crippen LogP contribution < -0.4 is 5.73 Å².